The molecule has 0 saturated carbocycles. The second-order valence-corrected chi connectivity index (χ2v) is 4.44. The Bertz CT molecular complexity index is 546. The van der Waals surface area contributed by atoms with E-state index in [1.807, 2.05) is 36.4 Å². The van der Waals surface area contributed by atoms with Crippen molar-refractivity contribution < 1.29 is 17.5 Å². The molecule has 1 rings (SSSR count). The van der Waals surface area contributed by atoms with E-state index in [0.717, 1.165) is 5.56 Å². The smallest absolute Gasteiger partial charge is 0.370 e. The number of nitrogens with zero attached hydrogens (tertiary/aromatic N) is 1. The molecule has 1 aromatic rings. The van der Waals surface area contributed by atoms with Gasteiger partial charge in [0.05, 0.1) is 6.54 Å². The lowest BCUT2D eigenvalue weighted by molar-refractivity contribution is 0.381. The summed E-state index contributed by atoms with van der Waals surface area (Å²) < 4.78 is 31.6. The average Bonchev–Trinajstić information content (AvgIpc) is 2.24. The normalized spacial score (nSPS) is 10.7. The van der Waals surface area contributed by atoms with Crippen LogP contribution in [0.15, 0.2) is 35.3 Å². The standard InChI is InChI=1S/C10H12ClN3.H2O4S/c11-9-6-2-1-4-8(9)5-3-7-14-10(12)13;1-5(2,3)4/h1-6H,7H2,(H4,12,13,14);(H2,1,2,3,4). The van der Waals surface area contributed by atoms with Gasteiger partial charge in [0, 0.05) is 5.02 Å². The number of halogens is 1. The van der Waals surface area contributed by atoms with Gasteiger partial charge >= 0.3 is 10.4 Å². The summed E-state index contributed by atoms with van der Waals surface area (Å²) in [7, 11) is -4.67. The van der Waals surface area contributed by atoms with Crippen LogP contribution >= 0.6 is 11.6 Å². The molecule has 9 heteroatoms. The summed E-state index contributed by atoms with van der Waals surface area (Å²) in [5, 5.41) is 0.716. The lowest BCUT2D eigenvalue weighted by Gasteiger charge is -1.95. The summed E-state index contributed by atoms with van der Waals surface area (Å²) in [5.41, 5.74) is 11.3. The fourth-order valence-electron chi connectivity index (χ4n) is 0.948. The molecule has 0 aliphatic carbocycles. The fourth-order valence-corrected chi connectivity index (χ4v) is 1.15. The van der Waals surface area contributed by atoms with Gasteiger partial charge in [-0.15, -0.1) is 0 Å². The number of guanidine groups is 1. The van der Waals surface area contributed by atoms with Crippen LogP contribution in [0.1, 0.15) is 5.56 Å². The third kappa shape index (κ3) is 12.6. The van der Waals surface area contributed by atoms with Crippen LogP contribution in [0.4, 0.5) is 0 Å². The quantitative estimate of drug-likeness (QED) is 0.373. The molecule has 6 N–H and O–H groups in total. The number of nitrogens with two attached hydrogens (primary N) is 2. The number of benzene rings is 1. The molecule has 1 aromatic carbocycles. The first-order chi connectivity index (χ1) is 8.70. The van der Waals surface area contributed by atoms with Crippen molar-refractivity contribution in [3.05, 3.63) is 40.9 Å². The molecule has 0 saturated heterocycles. The minimum Gasteiger partial charge on any atom is -0.370 e. The van der Waals surface area contributed by atoms with Crippen LogP contribution in [0, 0.1) is 0 Å². The highest BCUT2D eigenvalue weighted by Gasteiger charge is 1.91. The second kappa shape index (κ2) is 8.48. The topological polar surface area (TPSA) is 139 Å². The second-order valence-electron chi connectivity index (χ2n) is 3.14. The van der Waals surface area contributed by atoms with E-state index in [1.165, 1.54) is 0 Å². The molecule has 0 spiro atoms. The van der Waals surface area contributed by atoms with Crippen molar-refractivity contribution in [3.63, 3.8) is 0 Å². The van der Waals surface area contributed by atoms with Crippen molar-refractivity contribution >= 4 is 34.0 Å². The van der Waals surface area contributed by atoms with Crippen LogP contribution in [0.2, 0.25) is 5.02 Å². The molecule has 0 atom stereocenters. The van der Waals surface area contributed by atoms with Gasteiger partial charge in [-0.3, -0.25) is 9.11 Å². The summed E-state index contributed by atoms with van der Waals surface area (Å²) in [4.78, 5) is 3.81. The summed E-state index contributed by atoms with van der Waals surface area (Å²) in [6.45, 7) is 0.466. The molecule has 0 radical (unpaired) electrons. The molecule has 19 heavy (non-hydrogen) atoms. The molecular formula is C10H14ClN3O4S. The molecule has 0 bridgehead atoms. The highest BCUT2D eigenvalue weighted by atomic mass is 35.5. The van der Waals surface area contributed by atoms with Crippen LogP contribution < -0.4 is 11.5 Å². The number of hydrogen-bond donors (Lipinski definition) is 4. The Morgan fingerprint density at radius 2 is 1.84 bits per heavy atom. The van der Waals surface area contributed by atoms with Gasteiger partial charge in [-0.1, -0.05) is 42.0 Å². The van der Waals surface area contributed by atoms with Crippen molar-refractivity contribution in [2.45, 2.75) is 0 Å². The van der Waals surface area contributed by atoms with E-state index in [9.17, 15) is 0 Å². The van der Waals surface area contributed by atoms with Gasteiger partial charge in [0.1, 0.15) is 0 Å². The number of rotatable bonds is 3. The maximum absolute atomic E-state index is 8.74. The van der Waals surface area contributed by atoms with Gasteiger partial charge in [-0.2, -0.15) is 8.42 Å². The van der Waals surface area contributed by atoms with Crippen LogP contribution in [0.5, 0.6) is 0 Å². The first kappa shape index (κ1) is 17.4. The van der Waals surface area contributed by atoms with Crippen molar-refractivity contribution in [2.24, 2.45) is 16.5 Å². The van der Waals surface area contributed by atoms with Gasteiger partial charge < -0.3 is 11.5 Å². The van der Waals surface area contributed by atoms with Gasteiger partial charge in [-0.05, 0) is 11.6 Å². The molecule has 0 aliphatic heterocycles. The predicted octanol–water partition coefficient (Wildman–Crippen LogP) is 0.974. The van der Waals surface area contributed by atoms with Gasteiger partial charge in [0.15, 0.2) is 5.96 Å². The predicted molar refractivity (Wildman–Crippen MR) is 75.3 cm³/mol. The largest absolute Gasteiger partial charge is 0.394 e. The molecule has 0 heterocycles. The van der Waals surface area contributed by atoms with E-state index in [-0.39, 0.29) is 5.96 Å². The van der Waals surface area contributed by atoms with E-state index < -0.39 is 10.4 Å². The molecule has 0 amide bonds. The third-order valence-corrected chi connectivity index (χ3v) is 1.93. The Hall–Kier alpha value is -1.61. The summed E-state index contributed by atoms with van der Waals surface area (Å²) in [6, 6.07) is 7.57. The zero-order valence-electron chi connectivity index (χ0n) is 9.77. The summed E-state index contributed by atoms with van der Waals surface area (Å²) >= 11 is 5.93. The first-order valence-electron chi connectivity index (χ1n) is 4.86. The summed E-state index contributed by atoms with van der Waals surface area (Å²) in [5.74, 6) is 0.0915. The Kier molecular flexibility index (Phi) is 7.77. The molecule has 0 unspecified atom stereocenters. The van der Waals surface area contributed by atoms with Crippen molar-refractivity contribution in [1.82, 2.24) is 0 Å². The lowest BCUT2D eigenvalue weighted by Crippen LogP contribution is -2.22. The van der Waals surface area contributed by atoms with Crippen molar-refractivity contribution in [3.8, 4) is 0 Å². The van der Waals surface area contributed by atoms with E-state index >= 15 is 0 Å². The lowest BCUT2D eigenvalue weighted by atomic mass is 10.2. The number of aliphatic imine (C=N–C) groups is 1. The molecule has 0 fully saturated rings. The van der Waals surface area contributed by atoms with Crippen molar-refractivity contribution in [2.75, 3.05) is 6.54 Å². The van der Waals surface area contributed by atoms with Crippen LogP contribution in [-0.4, -0.2) is 30.0 Å². The molecule has 0 aromatic heterocycles. The SMILES string of the molecule is NC(N)=NCC=Cc1ccccc1Cl.O=S(=O)(O)O. The molecule has 106 valence electrons. The van der Waals surface area contributed by atoms with Crippen LogP contribution in [0.25, 0.3) is 6.08 Å². The van der Waals surface area contributed by atoms with E-state index in [2.05, 4.69) is 4.99 Å². The third-order valence-electron chi connectivity index (χ3n) is 1.58. The van der Waals surface area contributed by atoms with Crippen LogP contribution in [0.3, 0.4) is 0 Å². The van der Waals surface area contributed by atoms with E-state index in [4.69, 9.17) is 40.6 Å². The minimum atomic E-state index is -4.67. The Morgan fingerprint density at radius 3 is 2.32 bits per heavy atom. The Balaban J connectivity index is 0.000000555. The number of hydrogen-bond acceptors (Lipinski definition) is 3. The zero-order valence-corrected chi connectivity index (χ0v) is 11.3. The van der Waals surface area contributed by atoms with Gasteiger partial charge in [-0.25, -0.2) is 4.99 Å². The monoisotopic (exact) mass is 307 g/mol. The Labute approximate surface area is 116 Å². The minimum absolute atomic E-state index is 0.0915. The zero-order chi connectivity index (χ0) is 14.9. The van der Waals surface area contributed by atoms with Crippen LogP contribution in [-0.2, 0) is 10.4 Å². The van der Waals surface area contributed by atoms with Gasteiger partial charge in [0.25, 0.3) is 0 Å². The molecular weight excluding hydrogens is 294 g/mol. The average molecular weight is 308 g/mol. The first-order valence-corrected chi connectivity index (χ1v) is 6.64. The maximum Gasteiger partial charge on any atom is 0.394 e. The molecule has 0 aliphatic rings. The summed E-state index contributed by atoms with van der Waals surface area (Å²) in [6.07, 6.45) is 3.73. The molecule has 7 nitrogen and oxygen atoms in total. The van der Waals surface area contributed by atoms with Gasteiger partial charge in [0.2, 0.25) is 0 Å². The highest BCUT2D eigenvalue weighted by Crippen LogP contribution is 2.15. The maximum atomic E-state index is 8.74. The highest BCUT2D eigenvalue weighted by molar-refractivity contribution is 7.79. The van der Waals surface area contributed by atoms with E-state index in [1.54, 1.807) is 0 Å². The van der Waals surface area contributed by atoms with E-state index in [0.29, 0.717) is 11.6 Å². The van der Waals surface area contributed by atoms with Crippen molar-refractivity contribution in [1.29, 1.82) is 0 Å². The fraction of sp³-hybridized carbons (Fsp3) is 0.100. The Morgan fingerprint density at radius 1 is 1.32 bits per heavy atom.